The summed E-state index contributed by atoms with van der Waals surface area (Å²) in [6, 6.07) is 1.74. The number of rotatable bonds is 2. The molecule has 0 fully saturated rings. The Morgan fingerprint density at radius 1 is 1.41 bits per heavy atom. The van der Waals surface area contributed by atoms with Gasteiger partial charge in [0, 0.05) is 0 Å². The van der Waals surface area contributed by atoms with Gasteiger partial charge in [0.25, 0.3) is 6.43 Å². The van der Waals surface area contributed by atoms with Crippen LogP contribution in [0.25, 0.3) is 0 Å². The first-order chi connectivity index (χ1) is 7.74. The highest BCUT2D eigenvalue weighted by molar-refractivity contribution is 9.10. The molecule has 1 heterocycles. The monoisotopic (exact) mass is 316 g/mol. The number of halogens is 6. The summed E-state index contributed by atoms with van der Waals surface area (Å²) >= 11 is 2.62. The summed E-state index contributed by atoms with van der Waals surface area (Å²) in [5, 5.41) is 8.50. The van der Waals surface area contributed by atoms with Crippen LogP contribution < -0.4 is 4.74 Å². The second-order valence-electron chi connectivity index (χ2n) is 2.68. The molecule has 1 aromatic rings. The molecule has 0 aromatic carbocycles. The van der Waals surface area contributed by atoms with Crippen molar-refractivity contribution in [2.24, 2.45) is 0 Å². The maximum absolute atomic E-state index is 12.4. The van der Waals surface area contributed by atoms with E-state index in [-0.39, 0.29) is 0 Å². The fourth-order valence-electron chi connectivity index (χ4n) is 0.923. The van der Waals surface area contributed by atoms with Gasteiger partial charge in [0.15, 0.2) is 11.4 Å². The highest BCUT2D eigenvalue weighted by Crippen LogP contribution is 2.33. The summed E-state index contributed by atoms with van der Waals surface area (Å²) in [7, 11) is 0. The van der Waals surface area contributed by atoms with Crippen LogP contribution in [0, 0.1) is 11.3 Å². The molecular weight excluding hydrogens is 315 g/mol. The van der Waals surface area contributed by atoms with Crippen molar-refractivity contribution in [3.63, 3.8) is 0 Å². The van der Waals surface area contributed by atoms with Crippen molar-refractivity contribution < 1.29 is 26.7 Å². The van der Waals surface area contributed by atoms with E-state index in [1.54, 1.807) is 0 Å². The quantitative estimate of drug-likeness (QED) is 0.619. The summed E-state index contributed by atoms with van der Waals surface area (Å²) in [4.78, 5) is 3.25. The van der Waals surface area contributed by atoms with Crippen LogP contribution in [0.3, 0.4) is 0 Å². The second-order valence-corrected chi connectivity index (χ2v) is 3.43. The molecule has 0 saturated heterocycles. The zero-order chi connectivity index (χ0) is 13.2. The summed E-state index contributed by atoms with van der Waals surface area (Å²) in [5.74, 6) is -1.06. The highest BCUT2D eigenvalue weighted by Gasteiger charge is 2.33. The SMILES string of the molecule is N#Cc1nc(Br)c(C(F)F)cc1OC(F)(F)F. The molecule has 0 spiro atoms. The van der Waals surface area contributed by atoms with Crippen LogP contribution in [0.15, 0.2) is 10.7 Å². The lowest BCUT2D eigenvalue weighted by Crippen LogP contribution is -2.18. The first kappa shape index (κ1) is 13.6. The highest BCUT2D eigenvalue weighted by atomic mass is 79.9. The molecule has 0 radical (unpaired) electrons. The lowest BCUT2D eigenvalue weighted by atomic mass is 10.2. The van der Waals surface area contributed by atoms with Crippen molar-refractivity contribution >= 4 is 15.9 Å². The van der Waals surface area contributed by atoms with Gasteiger partial charge >= 0.3 is 6.36 Å². The predicted octanol–water partition coefficient (Wildman–Crippen LogP) is 3.55. The van der Waals surface area contributed by atoms with Crippen molar-refractivity contribution in [1.82, 2.24) is 4.98 Å². The Kier molecular flexibility index (Phi) is 3.87. The molecule has 0 aliphatic carbocycles. The van der Waals surface area contributed by atoms with Gasteiger partial charge in [-0.2, -0.15) is 5.26 Å². The van der Waals surface area contributed by atoms with E-state index in [4.69, 9.17) is 5.26 Å². The van der Waals surface area contributed by atoms with E-state index in [1.807, 2.05) is 0 Å². The normalized spacial score (nSPS) is 11.4. The van der Waals surface area contributed by atoms with Gasteiger partial charge in [-0.3, -0.25) is 0 Å². The fourth-order valence-corrected chi connectivity index (χ4v) is 1.39. The standard InChI is InChI=1S/C8H2BrF5N2O/c9-6-3(7(10)11)1-5(4(2-15)16-6)17-8(12,13)14/h1,7H. The Hall–Kier alpha value is -1.43. The van der Waals surface area contributed by atoms with Crippen LogP contribution in [-0.4, -0.2) is 11.3 Å². The molecule has 0 saturated carbocycles. The molecule has 9 heteroatoms. The van der Waals surface area contributed by atoms with Crippen LogP contribution in [0.1, 0.15) is 17.7 Å². The second kappa shape index (κ2) is 4.83. The third-order valence-corrected chi connectivity index (χ3v) is 2.17. The van der Waals surface area contributed by atoms with E-state index < -0.39 is 34.4 Å². The predicted molar refractivity (Wildman–Crippen MR) is 48.3 cm³/mol. The van der Waals surface area contributed by atoms with Gasteiger partial charge in [0.2, 0.25) is 0 Å². The van der Waals surface area contributed by atoms with Gasteiger partial charge in [-0.25, -0.2) is 13.8 Å². The van der Waals surface area contributed by atoms with E-state index in [0.717, 1.165) is 0 Å². The average molecular weight is 317 g/mol. The molecule has 3 nitrogen and oxygen atoms in total. The van der Waals surface area contributed by atoms with Gasteiger partial charge in [-0.1, -0.05) is 0 Å². The molecule has 1 rings (SSSR count). The number of nitriles is 1. The Morgan fingerprint density at radius 2 is 2.00 bits per heavy atom. The van der Waals surface area contributed by atoms with Crippen LogP contribution in [0.4, 0.5) is 22.0 Å². The summed E-state index contributed by atoms with van der Waals surface area (Å²) in [6.07, 6.45) is -8.12. The zero-order valence-corrected chi connectivity index (χ0v) is 9.31. The Balaban J connectivity index is 3.28. The number of hydrogen-bond acceptors (Lipinski definition) is 3. The third kappa shape index (κ3) is 3.52. The van der Waals surface area contributed by atoms with E-state index in [2.05, 4.69) is 25.7 Å². The van der Waals surface area contributed by atoms with Crippen LogP contribution in [-0.2, 0) is 0 Å². The van der Waals surface area contributed by atoms with E-state index in [0.29, 0.717) is 6.07 Å². The van der Waals surface area contributed by atoms with Crippen LogP contribution >= 0.6 is 15.9 Å². The third-order valence-electron chi connectivity index (χ3n) is 1.53. The molecule has 0 atom stereocenters. The molecule has 0 aliphatic heterocycles. The smallest absolute Gasteiger partial charge is 0.403 e. The number of alkyl halides is 5. The largest absolute Gasteiger partial charge is 0.573 e. The van der Waals surface area contributed by atoms with Gasteiger partial charge in [0.05, 0.1) is 5.56 Å². The van der Waals surface area contributed by atoms with Crippen molar-refractivity contribution in [1.29, 1.82) is 5.26 Å². The van der Waals surface area contributed by atoms with E-state index >= 15 is 0 Å². The lowest BCUT2D eigenvalue weighted by molar-refractivity contribution is -0.274. The molecule has 17 heavy (non-hydrogen) atoms. The van der Waals surface area contributed by atoms with Crippen molar-refractivity contribution in [2.45, 2.75) is 12.8 Å². The van der Waals surface area contributed by atoms with Gasteiger partial charge < -0.3 is 4.74 Å². The minimum Gasteiger partial charge on any atom is -0.403 e. The molecule has 0 aliphatic rings. The molecule has 92 valence electrons. The number of aromatic nitrogens is 1. The van der Waals surface area contributed by atoms with Crippen LogP contribution in [0.2, 0.25) is 0 Å². The molecule has 0 N–H and O–H groups in total. The van der Waals surface area contributed by atoms with Crippen molar-refractivity contribution in [2.75, 3.05) is 0 Å². The number of ether oxygens (including phenoxy) is 1. The number of pyridine rings is 1. The van der Waals surface area contributed by atoms with Crippen molar-refractivity contribution in [3.05, 3.63) is 21.9 Å². The maximum Gasteiger partial charge on any atom is 0.573 e. The van der Waals surface area contributed by atoms with Gasteiger partial charge in [0.1, 0.15) is 10.7 Å². The average Bonchev–Trinajstić information content (AvgIpc) is 2.17. The fraction of sp³-hybridized carbons (Fsp3) is 0.250. The van der Waals surface area contributed by atoms with Crippen LogP contribution in [0.5, 0.6) is 5.75 Å². The summed E-state index contributed by atoms with van der Waals surface area (Å²) < 4.78 is 63.6. The molecule has 0 unspecified atom stereocenters. The zero-order valence-electron chi connectivity index (χ0n) is 7.73. The number of nitrogens with zero attached hydrogens (tertiary/aromatic N) is 2. The van der Waals surface area contributed by atoms with Crippen molar-refractivity contribution in [3.8, 4) is 11.8 Å². The Morgan fingerprint density at radius 3 is 2.41 bits per heavy atom. The number of hydrogen-bond donors (Lipinski definition) is 0. The molecular formula is C8H2BrF5N2O. The van der Waals surface area contributed by atoms with E-state index in [1.165, 1.54) is 6.07 Å². The molecule has 0 bridgehead atoms. The molecule has 0 amide bonds. The van der Waals surface area contributed by atoms with Gasteiger partial charge in [-0.05, 0) is 22.0 Å². The van der Waals surface area contributed by atoms with Gasteiger partial charge in [-0.15, -0.1) is 13.2 Å². The summed E-state index contributed by atoms with van der Waals surface area (Å²) in [6.45, 7) is 0. The maximum atomic E-state index is 12.4. The molecule has 1 aromatic heterocycles. The minimum atomic E-state index is -5.08. The lowest BCUT2D eigenvalue weighted by Gasteiger charge is -2.11. The topological polar surface area (TPSA) is 45.9 Å². The first-order valence-corrected chi connectivity index (χ1v) is 4.68. The summed E-state index contributed by atoms with van der Waals surface area (Å²) in [5.41, 5.74) is -1.53. The Labute approximate surface area is 99.9 Å². The first-order valence-electron chi connectivity index (χ1n) is 3.89. The minimum absolute atomic E-state index is 0.404. The Bertz CT molecular complexity index is 468. The van der Waals surface area contributed by atoms with E-state index in [9.17, 15) is 22.0 Å².